The molecule has 0 spiro atoms. The van der Waals surface area contributed by atoms with E-state index in [0.29, 0.717) is 22.3 Å². The summed E-state index contributed by atoms with van der Waals surface area (Å²) >= 11 is 0. The average Bonchev–Trinajstić information content (AvgIpc) is 2.51. The van der Waals surface area contributed by atoms with Crippen LogP contribution in [0.1, 0.15) is 27.1 Å². The molecular formula is C18H10O3. The Hall–Kier alpha value is -2.81. The van der Waals surface area contributed by atoms with Gasteiger partial charge < -0.3 is 0 Å². The van der Waals surface area contributed by atoms with Gasteiger partial charge in [-0.2, -0.15) is 0 Å². The predicted molar refractivity (Wildman–Crippen MR) is 78.4 cm³/mol. The second-order valence-corrected chi connectivity index (χ2v) is 5.27. The van der Waals surface area contributed by atoms with Crippen molar-refractivity contribution in [3.63, 3.8) is 0 Å². The molecule has 0 aliphatic heterocycles. The van der Waals surface area contributed by atoms with Crippen LogP contribution in [0.25, 0.3) is 10.8 Å². The van der Waals surface area contributed by atoms with E-state index < -0.39 is 0 Å². The molecule has 0 amide bonds. The fourth-order valence-corrected chi connectivity index (χ4v) is 2.94. The van der Waals surface area contributed by atoms with E-state index in [9.17, 15) is 14.4 Å². The Balaban J connectivity index is 2.01. The molecule has 4 rings (SSSR count). The zero-order valence-corrected chi connectivity index (χ0v) is 11.1. The maximum Gasteiger partial charge on any atom is 0.194 e. The summed E-state index contributed by atoms with van der Waals surface area (Å²) in [5, 5.41) is 1.84. The zero-order chi connectivity index (χ0) is 14.6. The number of benzene rings is 2. The van der Waals surface area contributed by atoms with E-state index in [1.54, 1.807) is 12.1 Å². The van der Waals surface area contributed by atoms with E-state index in [-0.39, 0.29) is 23.8 Å². The average molecular weight is 274 g/mol. The first kappa shape index (κ1) is 12.0. The largest absolute Gasteiger partial charge is 0.294 e. The molecule has 0 saturated heterocycles. The molecule has 2 aromatic rings. The van der Waals surface area contributed by atoms with Gasteiger partial charge in [-0.3, -0.25) is 14.4 Å². The first-order valence-corrected chi connectivity index (χ1v) is 6.71. The minimum atomic E-state index is -0.206. The first-order chi connectivity index (χ1) is 10.1. The van der Waals surface area contributed by atoms with Crippen LogP contribution in [0.2, 0.25) is 0 Å². The Morgan fingerprint density at radius 1 is 0.762 bits per heavy atom. The summed E-state index contributed by atoms with van der Waals surface area (Å²) < 4.78 is 0. The standard InChI is InChI=1S/C18H10O3/c19-12-5-6-13-16(9-12)18(21)15-8-11-4-2-1-3-10(11)7-14(15)17(13)20/h1-8H,9H2. The fraction of sp³-hybridized carbons (Fsp3) is 0.0556. The van der Waals surface area contributed by atoms with E-state index >= 15 is 0 Å². The second-order valence-electron chi connectivity index (χ2n) is 5.27. The molecule has 0 atom stereocenters. The molecule has 21 heavy (non-hydrogen) atoms. The molecule has 2 aliphatic rings. The maximum absolute atomic E-state index is 12.6. The van der Waals surface area contributed by atoms with Crippen molar-refractivity contribution in [3.8, 4) is 0 Å². The molecule has 2 aliphatic carbocycles. The van der Waals surface area contributed by atoms with E-state index in [2.05, 4.69) is 0 Å². The molecule has 0 bridgehead atoms. The Bertz CT molecular complexity index is 913. The van der Waals surface area contributed by atoms with Gasteiger partial charge in [-0.1, -0.05) is 24.3 Å². The molecule has 3 nitrogen and oxygen atoms in total. The number of fused-ring (bicyclic) bond motifs is 2. The van der Waals surface area contributed by atoms with Crippen LogP contribution >= 0.6 is 0 Å². The number of hydrogen-bond donors (Lipinski definition) is 0. The third kappa shape index (κ3) is 1.64. The molecule has 0 radical (unpaired) electrons. The number of carbonyl (C=O) groups excluding carboxylic acids is 3. The van der Waals surface area contributed by atoms with Crippen LogP contribution in [0, 0.1) is 0 Å². The maximum atomic E-state index is 12.6. The van der Waals surface area contributed by atoms with Crippen molar-refractivity contribution in [2.24, 2.45) is 0 Å². The van der Waals surface area contributed by atoms with Crippen molar-refractivity contribution in [1.29, 1.82) is 0 Å². The van der Waals surface area contributed by atoms with Crippen LogP contribution in [0.3, 0.4) is 0 Å². The highest BCUT2D eigenvalue weighted by atomic mass is 16.1. The predicted octanol–water partition coefficient (Wildman–Crippen LogP) is 3.04. The van der Waals surface area contributed by atoms with Gasteiger partial charge in [0.05, 0.1) is 0 Å². The van der Waals surface area contributed by atoms with Crippen LogP contribution in [0.15, 0.2) is 59.7 Å². The lowest BCUT2D eigenvalue weighted by atomic mass is 9.79. The molecule has 3 heteroatoms. The highest BCUT2D eigenvalue weighted by Gasteiger charge is 2.33. The van der Waals surface area contributed by atoms with Crippen molar-refractivity contribution in [1.82, 2.24) is 0 Å². The highest BCUT2D eigenvalue weighted by molar-refractivity contribution is 6.31. The van der Waals surface area contributed by atoms with Crippen molar-refractivity contribution in [2.45, 2.75) is 6.42 Å². The summed E-state index contributed by atoms with van der Waals surface area (Å²) in [5.41, 5.74) is 1.52. The Morgan fingerprint density at radius 3 is 2.05 bits per heavy atom. The second kappa shape index (κ2) is 4.09. The lowest BCUT2D eigenvalue weighted by molar-refractivity contribution is -0.114. The van der Waals surface area contributed by atoms with Crippen molar-refractivity contribution < 1.29 is 14.4 Å². The number of ketones is 3. The zero-order valence-electron chi connectivity index (χ0n) is 11.1. The van der Waals surface area contributed by atoms with Gasteiger partial charge in [0.25, 0.3) is 0 Å². The van der Waals surface area contributed by atoms with Crippen LogP contribution < -0.4 is 0 Å². The van der Waals surface area contributed by atoms with Gasteiger partial charge in [-0.05, 0) is 35.1 Å². The van der Waals surface area contributed by atoms with Gasteiger partial charge in [0.1, 0.15) is 0 Å². The van der Waals surface area contributed by atoms with Crippen LogP contribution in [-0.2, 0) is 4.79 Å². The lowest BCUT2D eigenvalue weighted by Gasteiger charge is -2.21. The Kier molecular flexibility index (Phi) is 2.33. The fourth-order valence-electron chi connectivity index (χ4n) is 2.94. The number of allylic oxidation sites excluding steroid dienone is 4. The summed E-state index contributed by atoms with van der Waals surface area (Å²) in [6, 6.07) is 11.1. The van der Waals surface area contributed by atoms with Gasteiger partial charge in [0, 0.05) is 28.7 Å². The molecular weight excluding hydrogens is 264 g/mol. The summed E-state index contributed by atoms with van der Waals surface area (Å²) in [7, 11) is 0. The van der Waals surface area contributed by atoms with Crippen LogP contribution in [0.4, 0.5) is 0 Å². The number of hydrogen-bond acceptors (Lipinski definition) is 3. The minimum Gasteiger partial charge on any atom is -0.294 e. The molecule has 0 N–H and O–H groups in total. The van der Waals surface area contributed by atoms with Gasteiger partial charge in [-0.15, -0.1) is 0 Å². The van der Waals surface area contributed by atoms with Gasteiger partial charge in [-0.25, -0.2) is 0 Å². The SMILES string of the molecule is O=C1C=CC2=C(C1)C(=O)c1cc3ccccc3cc1C2=O. The highest BCUT2D eigenvalue weighted by Crippen LogP contribution is 2.33. The Morgan fingerprint density at radius 2 is 1.38 bits per heavy atom. The molecule has 0 saturated carbocycles. The number of rotatable bonds is 0. The topological polar surface area (TPSA) is 51.2 Å². The van der Waals surface area contributed by atoms with E-state index in [0.717, 1.165) is 10.8 Å². The third-order valence-corrected chi connectivity index (χ3v) is 4.01. The first-order valence-electron chi connectivity index (χ1n) is 6.71. The normalized spacial score (nSPS) is 17.2. The summed E-state index contributed by atoms with van der Waals surface area (Å²) in [6.45, 7) is 0. The van der Waals surface area contributed by atoms with Crippen LogP contribution in [-0.4, -0.2) is 17.3 Å². The molecule has 0 unspecified atom stereocenters. The molecule has 0 fully saturated rings. The van der Waals surface area contributed by atoms with E-state index in [4.69, 9.17) is 0 Å². The van der Waals surface area contributed by atoms with Gasteiger partial charge in [0.15, 0.2) is 17.3 Å². The Labute approximate surface area is 120 Å². The van der Waals surface area contributed by atoms with E-state index in [1.165, 1.54) is 12.2 Å². The summed E-state index contributed by atoms with van der Waals surface area (Å²) in [6.07, 6.45) is 2.86. The van der Waals surface area contributed by atoms with Crippen molar-refractivity contribution in [2.75, 3.05) is 0 Å². The monoisotopic (exact) mass is 274 g/mol. The summed E-state index contributed by atoms with van der Waals surface area (Å²) in [4.78, 5) is 36.7. The molecule has 2 aromatic carbocycles. The number of Topliss-reactive ketones (excluding diaryl/α,β-unsaturated/α-hetero) is 2. The third-order valence-electron chi connectivity index (χ3n) is 4.01. The molecule has 0 heterocycles. The van der Waals surface area contributed by atoms with Crippen molar-refractivity contribution >= 4 is 28.1 Å². The summed E-state index contributed by atoms with van der Waals surface area (Å²) in [5.74, 6) is -0.517. The quantitative estimate of drug-likeness (QED) is 0.742. The lowest BCUT2D eigenvalue weighted by Crippen LogP contribution is -2.24. The van der Waals surface area contributed by atoms with Gasteiger partial charge >= 0.3 is 0 Å². The number of carbonyl (C=O) groups is 3. The molecule has 100 valence electrons. The van der Waals surface area contributed by atoms with Crippen LogP contribution in [0.5, 0.6) is 0 Å². The minimum absolute atomic E-state index is 0.0165. The van der Waals surface area contributed by atoms with Gasteiger partial charge in [0.2, 0.25) is 0 Å². The smallest absolute Gasteiger partial charge is 0.194 e. The van der Waals surface area contributed by atoms with Crippen molar-refractivity contribution in [3.05, 3.63) is 70.8 Å². The van der Waals surface area contributed by atoms with E-state index in [1.807, 2.05) is 24.3 Å². The molecule has 0 aromatic heterocycles.